The Morgan fingerprint density at radius 3 is 2.73 bits per heavy atom. The number of rotatable bonds is 6. The van der Waals surface area contributed by atoms with Gasteiger partial charge in [0.1, 0.15) is 5.75 Å². The molecular formula is C19H27NO2. The molecule has 1 fully saturated rings. The van der Waals surface area contributed by atoms with Crippen LogP contribution in [0.3, 0.4) is 0 Å². The van der Waals surface area contributed by atoms with Gasteiger partial charge in [-0.3, -0.25) is 4.79 Å². The summed E-state index contributed by atoms with van der Waals surface area (Å²) in [6.07, 6.45) is 9.05. The van der Waals surface area contributed by atoms with Crippen LogP contribution >= 0.6 is 0 Å². The summed E-state index contributed by atoms with van der Waals surface area (Å²) in [7, 11) is 1.69. The predicted molar refractivity (Wildman–Crippen MR) is 90.3 cm³/mol. The SMILES string of the molecule is C/C=C/CCNC(=O)C1(c2ccc(C)c(OC)c2)CCCC1. The Morgan fingerprint density at radius 2 is 2.09 bits per heavy atom. The fourth-order valence-electron chi connectivity index (χ4n) is 3.35. The van der Waals surface area contributed by atoms with E-state index in [4.69, 9.17) is 4.74 Å². The van der Waals surface area contributed by atoms with Gasteiger partial charge in [0.2, 0.25) is 5.91 Å². The van der Waals surface area contributed by atoms with Crippen molar-refractivity contribution in [2.24, 2.45) is 0 Å². The molecule has 1 saturated carbocycles. The Bertz CT molecular complexity index is 542. The van der Waals surface area contributed by atoms with Crippen LogP contribution < -0.4 is 10.1 Å². The molecule has 0 aliphatic heterocycles. The number of nitrogens with one attached hydrogen (secondary N) is 1. The van der Waals surface area contributed by atoms with Crippen LogP contribution in [0, 0.1) is 6.92 Å². The molecule has 1 aliphatic rings. The predicted octanol–water partition coefficient (Wildman–Crippen LogP) is 3.90. The van der Waals surface area contributed by atoms with Crippen LogP contribution in [0.5, 0.6) is 5.75 Å². The van der Waals surface area contributed by atoms with E-state index >= 15 is 0 Å². The lowest BCUT2D eigenvalue weighted by molar-refractivity contribution is -0.126. The molecule has 0 spiro atoms. The highest BCUT2D eigenvalue weighted by molar-refractivity contribution is 5.88. The van der Waals surface area contributed by atoms with E-state index in [1.807, 2.05) is 26.0 Å². The van der Waals surface area contributed by atoms with Crippen LogP contribution in [0.25, 0.3) is 0 Å². The van der Waals surface area contributed by atoms with Gasteiger partial charge in [0, 0.05) is 6.54 Å². The molecule has 1 amide bonds. The summed E-state index contributed by atoms with van der Waals surface area (Å²) in [6.45, 7) is 4.73. The number of hydrogen-bond acceptors (Lipinski definition) is 2. The minimum absolute atomic E-state index is 0.167. The molecule has 120 valence electrons. The molecule has 1 aromatic carbocycles. The molecule has 22 heavy (non-hydrogen) atoms. The first-order chi connectivity index (χ1) is 10.6. The minimum Gasteiger partial charge on any atom is -0.496 e. The van der Waals surface area contributed by atoms with E-state index in [0.717, 1.165) is 49.0 Å². The van der Waals surface area contributed by atoms with Gasteiger partial charge in [-0.15, -0.1) is 0 Å². The molecule has 0 saturated heterocycles. The molecule has 0 atom stereocenters. The van der Waals surface area contributed by atoms with E-state index in [1.54, 1.807) is 7.11 Å². The lowest BCUT2D eigenvalue weighted by Gasteiger charge is -2.29. The second-order valence-corrected chi connectivity index (χ2v) is 6.09. The Balaban J connectivity index is 2.22. The Kier molecular flexibility index (Phi) is 5.64. The van der Waals surface area contributed by atoms with Gasteiger partial charge in [0.25, 0.3) is 0 Å². The van der Waals surface area contributed by atoms with E-state index in [2.05, 4.69) is 23.5 Å². The zero-order chi connectivity index (χ0) is 16.0. The highest BCUT2D eigenvalue weighted by Gasteiger charge is 2.42. The summed E-state index contributed by atoms with van der Waals surface area (Å²) < 4.78 is 5.44. The molecule has 0 bridgehead atoms. The number of hydrogen-bond donors (Lipinski definition) is 1. The summed E-state index contributed by atoms with van der Waals surface area (Å²) in [5.41, 5.74) is 1.82. The minimum atomic E-state index is -0.378. The van der Waals surface area contributed by atoms with Crippen molar-refractivity contribution >= 4 is 5.91 Å². The Hall–Kier alpha value is -1.77. The average Bonchev–Trinajstić information content (AvgIpc) is 3.02. The molecule has 0 radical (unpaired) electrons. The number of methoxy groups -OCH3 is 1. The summed E-state index contributed by atoms with van der Waals surface area (Å²) in [6, 6.07) is 6.20. The third kappa shape index (κ3) is 3.34. The molecule has 0 heterocycles. The van der Waals surface area contributed by atoms with Gasteiger partial charge >= 0.3 is 0 Å². The van der Waals surface area contributed by atoms with Crippen molar-refractivity contribution in [2.75, 3.05) is 13.7 Å². The zero-order valence-electron chi connectivity index (χ0n) is 13.9. The van der Waals surface area contributed by atoms with Crippen molar-refractivity contribution in [1.29, 1.82) is 0 Å². The number of benzene rings is 1. The zero-order valence-corrected chi connectivity index (χ0v) is 13.9. The molecule has 1 aromatic rings. The van der Waals surface area contributed by atoms with Gasteiger partial charge in [-0.2, -0.15) is 0 Å². The number of ether oxygens (including phenoxy) is 1. The molecular weight excluding hydrogens is 274 g/mol. The highest BCUT2D eigenvalue weighted by atomic mass is 16.5. The van der Waals surface area contributed by atoms with Gasteiger partial charge in [-0.25, -0.2) is 0 Å². The van der Waals surface area contributed by atoms with Crippen LogP contribution in [0.15, 0.2) is 30.4 Å². The summed E-state index contributed by atoms with van der Waals surface area (Å²) in [5, 5.41) is 3.12. The molecule has 0 unspecified atom stereocenters. The maximum Gasteiger partial charge on any atom is 0.230 e. The molecule has 0 aromatic heterocycles. The number of amides is 1. The third-order valence-corrected chi connectivity index (χ3v) is 4.68. The number of aryl methyl sites for hydroxylation is 1. The van der Waals surface area contributed by atoms with Crippen molar-refractivity contribution in [3.05, 3.63) is 41.5 Å². The number of carbonyl (C=O) groups is 1. The largest absolute Gasteiger partial charge is 0.496 e. The van der Waals surface area contributed by atoms with Crippen molar-refractivity contribution in [2.45, 2.75) is 51.4 Å². The first kappa shape index (κ1) is 16.6. The normalized spacial score (nSPS) is 16.9. The Labute approximate surface area is 133 Å². The maximum absolute atomic E-state index is 12.8. The van der Waals surface area contributed by atoms with Crippen LogP contribution in [0.2, 0.25) is 0 Å². The van der Waals surface area contributed by atoms with Crippen LogP contribution in [0.4, 0.5) is 0 Å². The fraction of sp³-hybridized carbons (Fsp3) is 0.526. The van der Waals surface area contributed by atoms with E-state index in [0.29, 0.717) is 6.54 Å². The standard InChI is InChI=1S/C19H27NO2/c1-4-5-8-13-20-18(21)19(11-6-7-12-19)16-10-9-15(2)17(14-16)22-3/h4-5,9-10,14H,6-8,11-13H2,1-3H3,(H,20,21)/b5-4+. The monoisotopic (exact) mass is 301 g/mol. The van der Waals surface area contributed by atoms with Gasteiger partial charge < -0.3 is 10.1 Å². The number of carbonyl (C=O) groups excluding carboxylic acids is 1. The molecule has 1 N–H and O–H groups in total. The van der Waals surface area contributed by atoms with E-state index in [-0.39, 0.29) is 11.3 Å². The smallest absolute Gasteiger partial charge is 0.230 e. The molecule has 3 nitrogen and oxygen atoms in total. The van der Waals surface area contributed by atoms with E-state index < -0.39 is 0 Å². The topological polar surface area (TPSA) is 38.3 Å². The maximum atomic E-state index is 12.8. The molecule has 1 aliphatic carbocycles. The van der Waals surface area contributed by atoms with Gasteiger partial charge in [-0.1, -0.05) is 37.1 Å². The summed E-state index contributed by atoms with van der Waals surface area (Å²) in [5.74, 6) is 1.03. The first-order valence-corrected chi connectivity index (χ1v) is 8.18. The van der Waals surface area contributed by atoms with Crippen LogP contribution in [-0.4, -0.2) is 19.6 Å². The Morgan fingerprint density at radius 1 is 1.36 bits per heavy atom. The third-order valence-electron chi connectivity index (χ3n) is 4.68. The molecule has 2 rings (SSSR count). The van der Waals surface area contributed by atoms with E-state index in [1.165, 1.54) is 0 Å². The second-order valence-electron chi connectivity index (χ2n) is 6.09. The number of allylic oxidation sites excluding steroid dienone is 1. The average molecular weight is 301 g/mol. The summed E-state index contributed by atoms with van der Waals surface area (Å²) >= 11 is 0. The van der Waals surface area contributed by atoms with Crippen molar-refractivity contribution in [3.63, 3.8) is 0 Å². The van der Waals surface area contributed by atoms with Crippen molar-refractivity contribution in [1.82, 2.24) is 5.32 Å². The quantitative estimate of drug-likeness (QED) is 0.639. The van der Waals surface area contributed by atoms with Crippen molar-refractivity contribution in [3.8, 4) is 5.75 Å². The van der Waals surface area contributed by atoms with Gasteiger partial charge in [0.05, 0.1) is 12.5 Å². The second kappa shape index (κ2) is 7.48. The summed E-state index contributed by atoms with van der Waals surface area (Å²) in [4.78, 5) is 12.8. The van der Waals surface area contributed by atoms with Crippen LogP contribution in [0.1, 0.15) is 50.2 Å². The first-order valence-electron chi connectivity index (χ1n) is 8.18. The fourth-order valence-corrected chi connectivity index (χ4v) is 3.35. The van der Waals surface area contributed by atoms with E-state index in [9.17, 15) is 4.79 Å². The van der Waals surface area contributed by atoms with Crippen LogP contribution in [-0.2, 0) is 10.2 Å². The van der Waals surface area contributed by atoms with Crippen molar-refractivity contribution < 1.29 is 9.53 Å². The van der Waals surface area contributed by atoms with Gasteiger partial charge in [0.15, 0.2) is 0 Å². The highest BCUT2D eigenvalue weighted by Crippen LogP contribution is 2.42. The lowest BCUT2D eigenvalue weighted by Crippen LogP contribution is -2.42. The lowest BCUT2D eigenvalue weighted by atomic mass is 9.77. The van der Waals surface area contributed by atoms with Gasteiger partial charge in [-0.05, 0) is 50.3 Å². The molecule has 3 heteroatoms.